The third-order valence-corrected chi connectivity index (χ3v) is 31.5. The molecule has 28 aromatic rings. The Bertz CT molecular complexity index is 9680. The number of anilines is 9. The number of methoxy groups -OCH3 is 1. The summed E-state index contributed by atoms with van der Waals surface area (Å²) in [6, 6.07) is 189. The van der Waals surface area contributed by atoms with Gasteiger partial charge in [-0.2, -0.15) is 0 Å². The van der Waals surface area contributed by atoms with E-state index >= 15 is 0 Å². The second kappa shape index (κ2) is 37.0. The Morgan fingerprint density at radius 1 is 0.194 bits per heavy atom. The van der Waals surface area contributed by atoms with E-state index in [4.69, 9.17) is 4.74 Å². The molecule has 682 valence electrons. The molecule has 0 atom stereocenters. The molecule has 28 rings (SSSR count). The summed E-state index contributed by atoms with van der Waals surface area (Å²) in [4.78, 5) is 7.30. The average molecular weight is 1900 g/mol. The first-order valence-electron chi connectivity index (χ1n) is 48.8. The lowest BCUT2D eigenvalue weighted by Gasteiger charge is -2.26. The highest BCUT2D eigenvalue weighted by atomic mass is 32.1. The molecule has 7 nitrogen and oxygen atoms in total. The van der Waals surface area contributed by atoms with E-state index in [2.05, 4.69) is 545 Å². The summed E-state index contributed by atoms with van der Waals surface area (Å²) < 4.78 is 20.6. The van der Waals surface area contributed by atoms with Crippen molar-refractivity contribution in [2.45, 2.75) is 6.92 Å². The molecule has 144 heavy (non-hydrogen) atoms. The van der Waals surface area contributed by atoms with Gasteiger partial charge in [0.25, 0.3) is 0 Å². The van der Waals surface area contributed by atoms with Crippen molar-refractivity contribution in [1.82, 2.24) is 13.7 Å². The number of aromatic nitrogens is 3. The van der Waals surface area contributed by atoms with Gasteiger partial charge in [0.2, 0.25) is 0 Å². The molecule has 0 saturated carbocycles. The van der Waals surface area contributed by atoms with Gasteiger partial charge in [-0.15, -0.1) is 34.0 Å². The molecule has 6 aromatic heterocycles. The van der Waals surface area contributed by atoms with Gasteiger partial charge >= 0.3 is 0 Å². The van der Waals surface area contributed by atoms with Crippen LogP contribution in [0.15, 0.2) is 522 Å². The highest BCUT2D eigenvalue weighted by Gasteiger charge is 2.29. The summed E-state index contributed by atoms with van der Waals surface area (Å²) >= 11 is 5.56. The molecule has 0 bridgehead atoms. The number of hydrogen-bond acceptors (Lipinski definition) is 7. The normalized spacial score (nSPS) is 11.5. The van der Waals surface area contributed by atoms with Crippen LogP contribution in [0.5, 0.6) is 5.75 Å². The molecule has 6 heterocycles. The first kappa shape index (κ1) is 86.4. The Kier molecular flexibility index (Phi) is 22.2. The van der Waals surface area contributed by atoms with Crippen LogP contribution in [0.4, 0.5) is 51.2 Å². The molecule has 0 spiro atoms. The third-order valence-electron chi connectivity index (χ3n) is 28.1. The zero-order valence-corrected chi connectivity index (χ0v) is 81.4. The number of aryl methyl sites for hydroxylation is 1. The number of ether oxygens (including phenoxy) is 1. The maximum absolute atomic E-state index is 5.45. The van der Waals surface area contributed by atoms with E-state index in [1.165, 1.54) is 170 Å². The molecule has 10 heteroatoms. The third kappa shape index (κ3) is 15.5. The van der Waals surface area contributed by atoms with Crippen molar-refractivity contribution in [2.24, 2.45) is 0 Å². The van der Waals surface area contributed by atoms with E-state index < -0.39 is 0 Å². The van der Waals surface area contributed by atoms with Gasteiger partial charge in [0.15, 0.2) is 0 Å². The van der Waals surface area contributed by atoms with Crippen LogP contribution in [0.25, 0.3) is 188 Å². The van der Waals surface area contributed by atoms with Gasteiger partial charge in [0, 0.05) is 150 Å². The quantitative estimate of drug-likeness (QED) is 0.0910. The summed E-state index contributed by atoms with van der Waals surface area (Å²) in [5.41, 5.74) is 31.5. The maximum atomic E-state index is 5.45. The van der Waals surface area contributed by atoms with Gasteiger partial charge in [0.1, 0.15) is 5.75 Å². The van der Waals surface area contributed by atoms with Crippen molar-refractivity contribution < 1.29 is 4.74 Å². The number of nitrogens with zero attached hydrogens (tertiary/aromatic N) is 6. The predicted octanol–water partition coefficient (Wildman–Crippen LogP) is 38.8. The van der Waals surface area contributed by atoms with E-state index in [0.29, 0.717) is 0 Å². The fourth-order valence-corrected chi connectivity index (χ4v) is 24.8. The van der Waals surface area contributed by atoms with Gasteiger partial charge < -0.3 is 33.1 Å². The molecule has 0 unspecified atom stereocenters. The average Bonchev–Trinajstić information content (AvgIpc) is 1.56. The summed E-state index contributed by atoms with van der Waals surface area (Å²) in [6.07, 6.45) is 0. The van der Waals surface area contributed by atoms with E-state index in [1.807, 2.05) is 46.1 Å². The fraction of sp³-hybridized carbons (Fsp3) is 0.0149. The minimum Gasteiger partial charge on any atom is -0.497 e. The minimum atomic E-state index is 0.853. The molecule has 0 amide bonds. The second-order valence-corrected chi connectivity index (χ2v) is 39.8. The monoisotopic (exact) mass is 1900 g/mol. The largest absolute Gasteiger partial charge is 0.497 e. The molecule has 0 radical (unpaired) electrons. The van der Waals surface area contributed by atoms with Crippen LogP contribution in [-0.2, 0) is 0 Å². The van der Waals surface area contributed by atoms with Gasteiger partial charge in [0.05, 0.1) is 57.3 Å². The fourth-order valence-electron chi connectivity index (χ4n) is 21.5. The summed E-state index contributed by atoms with van der Waals surface area (Å²) in [5, 5.41) is 15.1. The molecule has 0 N–H and O–H groups in total. The van der Waals surface area contributed by atoms with Crippen molar-refractivity contribution in [1.29, 1.82) is 0 Å². The number of fused-ring (bicyclic) bond motifs is 18. The topological polar surface area (TPSA) is 33.7 Å². The molecular weight excluding hydrogens is 1810 g/mol. The standard InChI is InChI=1S/C48H32N2S.C43H30N2OS.C43H30N2S/c1-5-16-33(17-6-1)35-30-40(34-18-7-2-8-19-34)48-42(31-35)47-43(25-15-26-44(47)50(48)37-22-11-4-12-23-37)49(36-20-9-3-10-21-36)38-28-29-46-41(32-38)39-24-13-14-27-45(39)51-46;1-46-34-23-19-29(20-24-34)30-21-25-38-37(27-30)43-39(16-10-17-40(43)45(38)32-13-6-3-7-14-32)44(31-11-4-2-5-12-31)33-22-26-42-36(28-33)35-15-8-9-18-41(35)47-42;1-29-19-21-30(22-20-29)31-23-25-38-37(27-31)43-39(16-10-17-40(43)45(38)33-13-6-3-7-14-33)44(32-11-4-2-5-12-32)34-24-26-42-36(28-34)35-15-8-9-18-41(35)46-42/h1-32H;2-28H,1H3;2-28H,1H3. The van der Waals surface area contributed by atoms with Crippen molar-refractivity contribution in [3.63, 3.8) is 0 Å². The van der Waals surface area contributed by atoms with Crippen LogP contribution in [0.1, 0.15) is 5.56 Å². The van der Waals surface area contributed by atoms with Gasteiger partial charge in [-0.1, -0.05) is 297 Å². The zero-order chi connectivity index (χ0) is 95.7. The summed E-state index contributed by atoms with van der Waals surface area (Å²) in [6.45, 7) is 2.14. The predicted molar refractivity (Wildman–Crippen MR) is 618 cm³/mol. The van der Waals surface area contributed by atoms with Gasteiger partial charge in [-0.05, 0) is 276 Å². The number of thiophene rings is 3. The van der Waals surface area contributed by atoms with E-state index in [1.54, 1.807) is 7.11 Å². The first-order valence-corrected chi connectivity index (χ1v) is 51.3. The molecule has 0 aliphatic rings. The van der Waals surface area contributed by atoms with E-state index in [-0.39, 0.29) is 0 Å². The number of benzene rings is 22. The lowest BCUT2D eigenvalue weighted by atomic mass is 9.95. The van der Waals surface area contributed by atoms with Crippen LogP contribution < -0.4 is 19.4 Å². The zero-order valence-electron chi connectivity index (χ0n) is 79.0. The van der Waals surface area contributed by atoms with Crippen molar-refractivity contribution in [3.05, 3.63) is 527 Å². The summed E-state index contributed by atoms with van der Waals surface area (Å²) in [7, 11) is 1.71. The van der Waals surface area contributed by atoms with Crippen molar-refractivity contribution in [3.8, 4) is 67.3 Å². The minimum absolute atomic E-state index is 0.853. The Balaban J connectivity index is 0.000000110. The Morgan fingerprint density at radius 3 is 0.889 bits per heavy atom. The number of para-hydroxylation sites is 6. The summed E-state index contributed by atoms with van der Waals surface area (Å²) in [5.74, 6) is 0.853. The Labute approximate surface area is 846 Å². The highest BCUT2D eigenvalue weighted by molar-refractivity contribution is 7.26. The van der Waals surface area contributed by atoms with Crippen LogP contribution in [-0.4, -0.2) is 20.8 Å². The maximum Gasteiger partial charge on any atom is 0.118 e. The van der Waals surface area contributed by atoms with E-state index in [9.17, 15) is 0 Å². The lowest BCUT2D eigenvalue weighted by Crippen LogP contribution is -2.10. The highest BCUT2D eigenvalue weighted by Crippen LogP contribution is 2.53. The lowest BCUT2D eigenvalue weighted by molar-refractivity contribution is 0.415. The molecular formula is C134H92N6OS3. The first-order chi connectivity index (χ1) is 71.3. The van der Waals surface area contributed by atoms with Crippen LogP contribution in [0.2, 0.25) is 0 Å². The molecule has 0 fully saturated rings. The molecule has 0 aliphatic heterocycles. The van der Waals surface area contributed by atoms with Gasteiger partial charge in [-0.25, -0.2) is 0 Å². The number of hydrogen-bond donors (Lipinski definition) is 0. The smallest absolute Gasteiger partial charge is 0.118 e. The van der Waals surface area contributed by atoms with Crippen LogP contribution in [0, 0.1) is 6.92 Å². The molecule has 0 saturated heterocycles. The Morgan fingerprint density at radius 2 is 0.500 bits per heavy atom. The SMILES string of the molecule is COc1ccc(-c2ccc3c(c2)c2c(N(c4ccccc4)c4ccc5sc6ccccc6c5c4)cccc2n3-c2ccccc2)cc1.Cc1ccc(-c2ccc3c(c2)c2c(N(c4ccccc4)c4ccc5sc6ccccc6c5c4)cccc2n3-c2ccccc2)cc1.c1ccc(-c2cc(-c3ccccc3)c3c(c2)c2c(N(c4ccccc4)c4ccc5sc6ccccc6c5c4)cccc2n3-c2ccccc2)cc1. The van der Waals surface area contributed by atoms with E-state index in [0.717, 1.165) is 79.6 Å². The molecule has 0 aliphatic carbocycles. The van der Waals surface area contributed by atoms with Gasteiger partial charge in [-0.3, -0.25) is 0 Å². The second-order valence-electron chi connectivity index (χ2n) is 36.6. The van der Waals surface area contributed by atoms with Crippen molar-refractivity contribution in [2.75, 3.05) is 21.8 Å². The molecule has 22 aromatic carbocycles. The van der Waals surface area contributed by atoms with Crippen LogP contribution in [0.3, 0.4) is 0 Å². The Hall–Kier alpha value is -17.9. The van der Waals surface area contributed by atoms with Crippen LogP contribution >= 0.6 is 34.0 Å². The number of rotatable bonds is 17. The van der Waals surface area contributed by atoms with Crippen molar-refractivity contribution >= 4 is 211 Å².